The molecule has 1 atom stereocenters. The molecule has 1 aliphatic rings. The molecule has 0 aromatic heterocycles. The van der Waals surface area contributed by atoms with Crippen molar-refractivity contribution < 1.29 is 19.1 Å². The van der Waals surface area contributed by atoms with E-state index in [0.717, 1.165) is 19.5 Å². The van der Waals surface area contributed by atoms with Crippen molar-refractivity contribution in [3.63, 3.8) is 0 Å². The molecule has 0 aromatic rings. The second-order valence-electron chi connectivity index (χ2n) is 4.68. The van der Waals surface area contributed by atoms with Crippen molar-refractivity contribution in [2.75, 3.05) is 46.5 Å². The van der Waals surface area contributed by atoms with Gasteiger partial charge in [-0.25, -0.2) is 0 Å². The topological polar surface area (TPSA) is 67.9 Å². The molecule has 1 rings (SSSR count). The van der Waals surface area contributed by atoms with Crippen LogP contribution in [0.15, 0.2) is 0 Å². The molecule has 19 heavy (non-hydrogen) atoms. The highest BCUT2D eigenvalue weighted by Gasteiger charge is 2.23. The molecule has 1 aliphatic heterocycles. The highest BCUT2D eigenvalue weighted by molar-refractivity contribution is 5.82. The van der Waals surface area contributed by atoms with Crippen LogP contribution in [0.2, 0.25) is 0 Å². The summed E-state index contributed by atoms with van der Waals surface area (Å²) in [4.78, 5) is 25.2. The fourth-order valence-electron chi connectivity index (χ4n) is 2.12. The number of carbonyl (C=O) groups is 2. The largest absolute Gasteiger partial charge is 0.465 e. The summed E-state index contributed by atoms with van der Waals surface area (Å²) in [6, 6.07) is 0. The third kappa shape index (κ3) is 6.02. The Bertz CT molecular complexity index is 290. The average Bonchev–Trinajstić information content (AvgIpc) is 2.87. The van der Waals surface area contributed by atoms with Gasteiger partial charge in [0.1, 0.15) is 6.54 Å². The van der Waals surface area contributed by atoms with Crippen molar-refractivity contribution in [1.82, 2.24) is 10.2 Å². The fourth-order valence-corrected chi connectivity index (χ4v) is 2.12. The third-order valence-electron chi connectivity index (χ3n) is 3.17. The number of hydrogen-bond donors (Lipinski definition) is 1. The van der Waals surface area contributed by atoms with Crippen molar-refractivity contribution in [3.05, 3.63) is 0 Å². The van der Waals surface area contributed by atoms with Crippen molar-refractivity contribution in [3.8, 4) is 0 Å². The van der Waals surface area contributed by atoms with Crippen molar-refractivity contribution in [2.24, 2.45) is 5.92 Å². The maximum atomic E-state index is 12.2. The minimum Gasteiger partial charge on any atom is -0.465 e. The Kier molecular flexibility index (Phi) is 7.43. The molecule has 0 aliphatic carbocycles. The van der Waals surface area contributed by atoms with E-state index < -0.39 is 0 Å². The van der Waals surface area contributed by atoms with Crippen LogP contribution in [-0.2, 0) is 19.1 Å². The predicted octanol–water partition coefficient (Wildman–Crippen LogP) is 0.0241. The van der Waals surface area contributed by atoms with E-state index in [-0.39, 0.29) is 18.4 Å². The summed E-state index contributed by atoms with van der Waals surface area (Å²) in [5, 5.41) is 3.23. The van der Waals surface area contributed by atoms with Gasteiger partial charge in [0.25, 0.3) is 0 Å². The zero-order valence-corrected chi connectivity index (χ0v) is 11.8. The van der Waals surface area contributed by atoms with E-state index in [9.17, 15) is 9.59 Å². The van der Waals surface area contributed by atoms with Gasteiger partial charge in [0.15, 0.2) is 0 Å². The first-order valence-corrected chi connectivity index (χ1v) is 6.80. The smallest absolute Gasteiger partial charge is 0.325 e. The van der Waals surface area contributed by atoms with Crippen LogP contribution >= 0.6 is 0 Å². The predicted molar refractivity (Wildman–Crippen MR) is 70.7 cm³/mol. The second-order valence-corrected chi connectivity index (χ2v) is 4.68. The Morgan fingerprint density at radius 1 is 1.42 bits per heavy atom. The summed E-state index contributed by atoms with van der Waals surface area (Å²) in [5.74, 6) is 0.00930. The molecule has 0 radical (unpaired) electrons. The Morgan fingerprint density at radius 2 is 2.21 bits per heavy atom. The molecular weight excluding hydrogens is 248 g/mol. The Morgan fingerprint density at radius 3 is 2.79 bits per heavy atom. The SMILES string of the molecule is CCOC(=O)CN(CCOC)C(=O)CC1CCNC1. The molecule has 1 saturated heterocycles. The van der Waals surface area contributed by atoms with Crippen molar-refractivity contribution >= 4 is 11.9 Å². The van der Waals surface area contributed by atoms with Gasteiger partial charge < -0.3 is 19.7 Å². The van der Waals surface area contributed by atoms with Crippen LogP contribution in [0.1, 0.15) is 19.8 Å². The lowest BCUT2D eigenvalue weighted by Crippen LogP contribution is -2.39. The maximum Gasteiger partial charge on any atom is 0.325 e. The summed E-state index contributed by atoms with van der Waals surface area (Å²) in [5.41, 5.74) is 0. The van der Waals surface area contributed by atoms with Crippen LogP contribution in [0, 0.1) is 5.92 Å². The summed E-state index contributed by atoms with van der Waals surface area (Å²) in [7, 11) is 1.58. The van der Waals surface area contributed by atoms with Crippen LogP contribution in [0.3, 0.4) is 0 Å². The molecule has 0 bridgehead atoms. The van der Waals surface area contributed by atoms with Gasteiger partial charge in [-0.15, -0.1) is 0 Å². The van der Waals surface area contributed by atoms with Crippen LogP contribution in [0.4, 0.5) is 0 Å². The Labute approximate surface area is 114 Å². The van der Waals surface area contributed by atoms with Crippen molar-refractivity contribution in [2.45, 2.75) is 19.8 Å². The van der Waals surface area contributed by atoms with Gasteiger partial charge in [-0.1, -0.05) is 0 Å². The molecule has 0 saturated carbocycles. The maximum absolute atomic E-state index is 12.2. The van der Waals surface area contributed by atoms with Crippen LogP contribution in [0.25, 0.3) is 0 Å². The van der Waals surface area contributed by atoms with Gasteiger partial charge in [0.05, 0.1) is 13.2 Å². The van der Waals surface area contributed by atoms with Crippen LogP contribution in [0.5, 0.6) is 0 Å². The van der Waals surface area contributed by atoms with Crippen LogP contribution < -0.4 is 5.32 Å². The average molecular weight is 272 g/mol. The lowest BCUT2D eigenvalue weighted by atomic mass is 10.0. The molecule has 6 nitrogen and oxygen atoms in total. The number of ether oxygens (including phenoxy) is 2. The first-order valence-electron chi connectivity index (χ1n) is 6.80. The van der Waals surface area contributed by atoms with Crippen molar-refractivity contribution in [1.29, 1.82) is 0 Å². The first kappa shape index (κ1) is 15.9. The molecule has 6 heteroatoms. The number of rotatable bonds is 8. The quantitative estimate of drug-likeness (QED) is 0.631. The van der Waals surface area contributed by atoms with Crippen LogP contribution in [-0.4, -0.2) is 63.3 Å². The monoisotopic (exact) mass is 272 g/mol. The molecule has 0 spiro atoms. The van der Waals surface area contributed by atoms with E-state index in [1.807, 2.05) is 0 Å². The van der Waals surface area contributed by atoms with Gasteiger partial charge >= 0.3 is 5.97 Å². The molecule has 1 heterocycles. The zero-order chi connectivity index (χ0) is 14.1. The zero-order valence-electron chi connectivity index (χ0n) is 11.8. The highest BCUT2D eigenvalue weighted by Crippen LogP contribution is 2.13. The minimum absolute atomic E-state index is 0.00111. The fraction of sp³-hybridized carbons (Fsp3) is 0.846. The van der Waals surface area contributed by atoms with E-state index in [2.05, 4.69) is 5.32 Å². The molecular formula is C13H24N2O4. The van der Waals surface area contributed by atoms with Gasteiger partial charge in [-0.05, 0) is 32.4 Å². The molecule has 0 aromatic carbocycles. The number of amides is 1. The standard InChI is InChI=1S/C13H24N2O4/c1-3-19-13(17)10-15(6-7-18-2)12(16)8-11-4-5-14-9-11/h11,14H,3-10H2,1-2H3. The van der Waals surface area contributed by atoms with E-state index in [0.29, 0.717) is 32.1 Å². The lowest BCUT2D eigenvalue weighted by Gasteiger charge is -2.22. The number of nitrogens with zero attached hydrogens (tertiary/aromatic N) is 1. The highest BCUT2D eigenvalue weighted by atomic mass is 16.5. The first-order chi connectivity index (χ1) is 9.17. The Hall–Kier alpha value is -1.14. The number of esters is 1. The van der Waals surface area contributed by atoms with Gasteiger partial charge in [-0.2, -0.15) is 0 Å². The minimum atomic E-state index is -0.364. The van der Waals surface area contributed by atoms with E-state index in [1.165, 1.54) is 4.90 Å². The number of nitrogens with one attached hydrogen (secondary N) is 1. The van der Waals surface area contributed by atoms with Gasteiger partial charge in [0.2, 0.25) is 5.91 Å². The van der Waals surface area contributed by atoms with Gasteiger partial charge in [-0.3, -0.25) is 9.59 Å². The summed E-state index contributed by atoms with van der Waals surface area (Å²) in [6.45, 7) is 4.79. The number of methoxy groups -OCH3 is 1. The second kappa shape index (κ2) is 8.87. The van der Waals surface area contributed by atoms with E-state index in [1.54, 1.807) is 14.0 Å². The number of hydrogen-bond acceptors (Lipinski definition) is 5. The normalized spacial score (nSPS) is 18.3. The molecule has 110 valence electrons. The third-order valence-corrected chi connectivity index (χ3v) is 3.17. The summed E-state index contributed by atoms with van der Waals surface area (Å²) in [6.07, 6.45) is 1.50. The molecule has 1 amide bonds. The Balaban J connectivity index is 2.45. The van der Waals surface area contributed by atoms with E-state index >= 15 is 0 Å². The lowest BCUT2D eigenvalue weighted by molar-refractivity contribution is -0.149. The molecule has 1 N–H and O–H groups in total. The van der Waals surface area contributed by atoms with E-state index in [4.69, 9.17) is 9.47 Å². The molecule has 1 fully saturated rings. The summed E-state index contributed by atoms with van der Waals surface area (Å²) < 4.78 is 9.86. The van der Waals surface area contributed by atoms with Gasteiger partial charge in [0, 0.05) is 20.1 Å². The summed E-state index contributed by atoms with van der Waals surface area (Å²) >= 11 is 0. The molecule has 1 unspecified atom stereocenters. The number of carbonyl (C=O) groups excluding carboxylic acids is 2.